The van der Waals surface area contributed by atoms with Crippen molar-refractivity contribution in [3.63, 3.8) is 0 Å². The molecule has 3 rings (SSSR count). The highest BCUT2D eigenvalue weighted by atomic mass is 16.5. The summed E-state index contributed by atoms with van der Waals surface area (Å²) in [7, 11) is 1.69. The zero-order chi connectivity index (χ0) is 16.2. The molecule has 1 unspecified atom stereocenters. The second-order valence-corrected chi connectivity index (χ2v) is 5.99. The fourth-order valence-corrected chi connectivity index (χ4v) is 3.01. The van der Waals surface area contributed by atoms with E-state index < -0.39 is 0 Å². The first kappa shape index (κ1) is 15.8. The highest BCUT2D eigenvalue weighted by Gasteiger charge is 2.25. The van der Waals surface area contributed by atoms with Crippen LogP contribution in [0.15, 0.2) is 30.5 Å². The van der Waals surface area contributed by atoms with E-state index in [9.17, 15) is 9.90 Å². The van der Waals surface area contributed by atoms with E-state index in [4.69, 9.17) is 4.74 Å². The van der Waals surface area contributed by atoms with Crippen LogP contribution in [0.1, 0.15) is 6.42 Å². The largest absolute Gasteiger partial charge is 0.396 e. The number of hydrogen-bond acceptors (Lipinski definition) is 3. The fraction of sp³-hybridized carbons (Fsp3) is 0.471. The number of benzene rings is 1. The van der Waals surface area contributed by atoms with Crippen LogP contribution in [0.4, 0.5) is 10.5 Å². The first-order valence-electron chi connectivity index (χ1n) is 7.96. The smallest absolute Gasteiger partial charge is 0.321 e. The van der Waals surface area contributed by atoms with Gasteiger partial charge in [0, 0.05) is 51.2 Å². The van der Waals surface area contributed by atoms with Crippen molar-refractivity contribution in [2.75, 3.05) is 38.7 Å². The summed E-state index contributed by atoms with van der Waals surface area (Å²) in [5, 5.41) is 13.3. The van der Waals surface area contributed by atoms with Gasteiger partial charge < -0.3 is 24.6 Å². The fourth-order valence-electron chi connectivity index (χ4n) is 3.01. The molecule has 124 valence electrons. The summed E-state index contributed by atoms with van der Waals surface area (Å²) >= 11 is 0. The van der Waals surface area contributed by atoms with E-state index in [1.54, 1.807) is 12.0 Å². The topological polar surface area (TPSA) is 66.7 Å². The molecule has 0 spiro atoms. The number of likely N-dealkylation sites (tertiary alicyclic amines) is 1. The van der Waals surface area contributed by atoms with Crippen LogP contribution in [-0.2, 0) is 11.3 Å². The minimum Gasteiger partial charge on any atom is -0.396 e. The molecule has 2 amide bonds. The number of methoxy groups -OCH3 is 1. The van der Waals surface area contributed by atoms with Crippen LogP contribution < -0.4 is 5.32 Å². The number of rotatable bonds is 5. The van der Waals surface area contributed by atoms with Crippen LogP contribution in [0, 0.1) is 5.92 Å². The number of fused-ring (bicyclic) bond motifs is 1. The van der Waals surface area contributed by atoms with Crippen LogP contribution in [0.5, 0.6) is 0 Å². The molecule has 6 heteroatoms. The molecule has 0 bridgehead atoms. The van der Waals surface area contributed by atoms with Gasteiger partial charge in [-0.1, -0.05) is 6.07 Å². The van der Waals surface area contributed by atoms with E-state index in [2.05, 4.69) is 16.0 Å². The average Bonchev–Trinajstić information content (AvgIpc) is 3.19. The number of urea groups is 1. The zero-order valence-corrected chi connectivity index (χ0v) is 13.4. The maximum Gasteiger partial charge on any atom is 0.321 e. The lowest BCUT2D eigenvalue weighted by molar-refractivity contribution is 0.188. The third-order valence-electron chi connectivity index (χ3n) is 4.39. The standard InChI is InChI=1S/C17H23N3O3/c1-23-9-8-19-7-5-14-2-3-15(10-16(14)19)18-17(22)20-6-4-13(11-20)12-21/h2-3,5,7,10,13,21H,4,6,8-9,11-12H2,1H3,(H,18,22). The van der Waals surface area contributed by atoms with E-state index in [0.29, 0.717) is 19.7 Å². The van der Waals surface area contributed by atoms with Gasteiger partial charge in [-0.2, -0.15) is 0 Å². The van der Waals surface area contributed by atoms with Gasteiger partial charge in [-0.05, 0) is 30.0 Å². The van der Waals surface area contributed by atoms with Gasteiger partial charge in [0.15, 0.2) is 0 Å². The van der Waals surface area contributed by atoms with Gasteiger partial charge >= 0.3 is 6.03 Å². The molecule has 2 heterocycles. The first-order chi connectivity index (χ1) is 11.2. The number of carbonyl (C=O) groups is 1. The molecule has 1 aromatic carbocycles. The Kier molecular flexibility index (Phi) is 4.83. The van der Waals surface area contributed by atoms with Gasteiger partial charge in [0.05, 0.1) is 12.1 Å². The van der Waals surface area contributed by atoms with Gasteiger partial charge in [-0.3, -0.25) is 0 Å². The van der Waals surface area contributed by atoms with Crippen molar-refractivity contribution in [1.29, 1.82) is 0 Å². The normalized spacial score (nSPS) is 17.8. The summed E-state index contributed by atoms with van der Waals surface area (Å²) in [4.78, 5) is 14.1. The summed E-state index contributed by atoms with van der Waals surface area (Å²) in [6.07, 6.45) is 2.89. The van der Waals surface area contributed by atoms with Crippen molar-refractivity contribution in [3.05, 3.63) is 30.5 Å². The Balaban J connectivity index is 1.71. The minimum atomic E-state index is -0.102. The maximum absolute atomic E-state index is 12.3. The lowest BCUT2D eigenvalue weighted by Gasteiger charge is -2.17. The molecule has 1 atom stereocenters. The summed E-state index contributed by atoms with van der Waals surface area (Å²) in [6.45, 7) is 2.89. The first-order valence-corrected chi connectivity index (χ1v) is 7.96. The molecule has 0 radical (unpaired) electrons. The molecule has 2 N–H and O–H groups in total. The number of aromatic nitrogens is 1. The molecule has 2 aromatic rings. The number of amides is 2. The molecule has 6 nitrogen and oxygen atoms in total. The molecule has 0 aliphatic carbocycles. The SMILES string of the molecule is COCCn1ccc2ccc(NC(=O)N3CCC(CO)C3)cc21. The van der Waals surface area contributed by atoms with E-state index in [0.717, 1.165) is 29.6 Å². The Morgan fingerprint density at radius 1 is 1.43 bits per heavy atom. The summed E-state index contributed by atoms with van der Waals surface area (Å²) in [6, 6.07) is 7.87. The van der Waals surface area contributed by atoms with Gasteiger partial charge in [0.1, 0.15) is 0 Å². The summed E-state index contributed by atoms with van der Waals surface area (Å²) < 4.78 is 7.25. The Morgan fingerprint density at radius 3 is 3.04 bits per heavy atom. The second-order valence-electron chi connectivity index (χ2n) is 5.99. The van der Waals surface area contributed by atoms with Crippen LogP contribution >= 0.6 is 0 Å². The Morgan fingerprint density at radius 2 is 2.30 bits per heavy atom. The molecule has 1 saturated heterocycles. The highest BCUT2D eigenvalue weighted by Crippen LogP contribution is 2.22. The third-order valence-corrected chi connectivity index (χ3v) is 4.39. The summed E-state index contributed by atoms with van der Waals surface area (Å²) in [5.41, 5.74) is 1.86. The van der Waals surface area contributed by atoms with E-state index >= 15 is 0 Å². The third kappa shape index (κ3) is 3.48. The van der Waals surface area contributed by atoms with Crippen molar-refractivity contribution < 1.29 is 14.6 Å². The molecular weight excluding hydrogens is 294 g/mol. The minimum absolute atomic E-state index is 0.102. The van der Waals surface area contributed by atoms with Crippen molar-refractivity contribution in [2.45, 2.75) is 13.0 Å². The number of ether oxygens (including phenoxy) is 1. The molecule has 1 aliphatic rings. The number of anilines is 1. The van der Waals surface area contributed by atoms with Gasteiger partial charge in [-0.15, -0.1) is 0 Å². The highest BCUT2D eigenvalue weighted by molar-refractivity contribution is 5.93. The van der Waals surface area contributed by atoms with Gasteiger partial charge in [-0.25, -0.2) is 4.79 Å². The second kappa shape index (κ2) is 7.02. The molecule has 0 saturated carbocycles. The lowest BCUT2D eigenvalue weighted by atomic mass is 10.1. The number of nitrogens with one attached hydrogen (secondary N) is 1. The van der Waals surface area contributed by atoms with Gasteiger partial charge in [0.2, 0.25) is 0 Å². The predicted molar refractivity (Wildman–Crippen MR) is 89.6 cm³/mol. The monoisotopic (exact) mass is 317 g/mol. The molecular formula is C17H23N3O3. The Labute approximate surface area is 135 Å². The van der Waals surface area contributed by atoms with Crippen LogP contribution in [-0.4, -0.2) is 54.0 Å². The maximum atomic E-state index is 12.3. The van der Waals surface area contributed by atoms with Crippen LogP contribution in [0.25, 0.3) is 10.9 Å². The van der Waals surface area contributed by atoms with Crippen molar-refractivity contribution in [2.24, 2.45) is 5.92 Å². The van der Waals surface area contributed by atoms with Crippen LogP contribution in [0.3, 0.4) is 0 Å². The predicted octanol–water partition coefficient (Wildman–Crippen LogP) is 2.13. The molecule has 1 fully saturated rings. The zero-order valence-electron chi connectivity index (χ0n) is 13.4. The Bertz CT molecular complexity index is 683. The van der Waals surface area contributed by atoms with E-state index in [1.807, 2.05) is 24.4 Å². The number of aliphatic hydroxyl groups excluding tert-OH is 1. The van der Waals surface area contributed by atoms with Crippen molar-refractivity contribution >= 4 is 22.6 Å². The number of hydrogen-bond donors (Lipinski definition) is 2. The number of nitrogens with zero attached hydrogens (tertiary/aromatic N) is 2. The van der Waals surface area contributed by atoms with Crippen molar-refractivity contribution in [1.82, 2.24) is 9.47 Å². The number of aliphatic hydroxyl groups is 1. The Hall–Kier alpha value is -2.05. The summed E-state index contributed by atoms with van der Waals surface area (Å²) in [5.74, 6) is 0.203. The molecule has 1 aliphatic heterocycles. The average molecular weight is 317 g/mol. The molecule has 23 heavy (non-hydrogen) atoms. The number of carbonyl (C=O) groups excluding carboxylic acids is 1. The van der Waals surface area contributed by atoms with Gasteiger partial charge in [0.25, 0.3) is 0 Å². The lowest BCUT2D eigenvalue weighted by Crippen LogP contribution is -2.33. The van der Waals surface area contributed by atoms with E-state index in [1.165, 1.54) is 0 Å². The van der Waals surface area contributed by atoms with Crippen LogP contribution in [0.2, 0.25) is 0 Å². The van der Waals surface area contributed by atoms with Crippen molar-refractivity contribution in [3.8, 4) is 0 Å². The molecule has 1 aromatic heterocycles. The van der Waals surface area contributed by atoms with E-state index in [-0.39, 0.29) is 18.6 Å². The quantitative estimate of drug-likeness (QED) is 0.888.